The number of nitrogens with one attached hydrogen (secondary N) is 1. The van der Waals surface area contributed by atoms with Gasteiger partial charge < -0.3 is 25.3 Å². The summed E-state index contributed by atoms with van der Waals surface area (Å²) >= 11 is 0. The van der Waals surface area contributed by atoms with Gasteiger partial charge in [-0.05, 0) is 35.4 Å². The first kappa shape index (κ1) is 17.5. The van der Waals surface area contributed by atoms with Crippen molar-refractivity contribution in [1.82, 2.24) is 5.32 Å². The molecule has 0 unspecified atom stereocenters. The molecule has 128 valence electrons. The highest BCUT2D eigenvalue weighted by Crippen LogP contribution is 2.38. The molecule has 24 heavy (non-hydrogen) atoms. The Hall–Kier alpha value is -2.89. The van der Waals surface area contributed by atoms with E-state index in [1.807, 2.05) is 24.3 Å². The van der Waals surface area contributed by atoms with Crippen LogP contribution in [0.4, 0.5) is 5.69 Å². The molecule has 0 atom stereocenters. The molecule has 6 heteroatoms. The summed E-state index contributed by atoms with van der Waals surface area (Å²) in [5, 5.41) is 2.88. The maximum absolute atomic E-state index is 12.1. The summed E-state index contributed by atoms with van der Waals surface area (Å²) in [4.78, 5) is 12.1. The van der Waals surface area contributed by atoms with E-state index in [4.69, 9.17) is 19.9 Å². The number of ether oxygens (including phenoxy) is 3. The molecule has 2 aromatic carbocycles. The zero-order valence-electron chi connectivity index (χ0n) is 14.1. The van der Waals surface area contributed by atoms with Crippen LogP contribution in [0.25, 0.3) is 0 Å². The first-order valence-electron chi connectivity index (χ1n) is 7.47. The fourth-order valence-corrected chi connectivity index (χ4v) is 2.32. The summed E-state index contributed by atoms with van der Waals surface area (Å²) in [7, 11) is 4.66. The first-order valence-corrected chi connectivity index (χ1v) is 7.47. The minimum absolute atomic E-state index is 0.0754. The second-order valence-corrected chi connectivity index (χ2v) is 5.23. The van der Waals surface area contributed by atoms with Crippen molar-refractivity contribution in [2.75, 3.05) is 27.1 Å². The Labute approximate surface area is 141 Å². The van der Waals surface area contributed by atoms with Gasteiger partial charge in [-0.25, -0.2) is 0 Å². The maximum atomic E-state index is 12.1. The number of hydrogen-bond donors (Lipinski definition) is 2. The quantitative estimate of drug-likeness (QED) is 0.760. The SMILES string of the molecule is COc1cc(CNC(=O)Cc2ccc(N)cc2)cc(OC)c1OC. The van der Waals surface area contributed by atoms with Crippen molar-refractivity contribution in [2.45, 2.75) is 13.0 Å². The molecule has 0 bridgehead atoms. The number of hydrogen-bond acceptors (Lipinski definition) is 5. The van der Waals surface area contributed by atoms with Gasteiger partial charge in [0.15, 0.2) is 11.5 Å². The van der Waals surface area contributed by atoms with E-state index in [9.17, 15) is 4.79 Å². The summed E-state index contributed by atoms with van der Waals surface area (Å²) in [5.74, 6) is 1.56. The molecule has 0 fully saturated rings. The highest BCUT2D eigenvalue weighted by Gasteiger charge is 2.13. The van der Waals surface area contributed by atoms with Gasteiger partial charge in [-0.3, -0.25) is 4.79 Å². The van der Waals surface area contributed by atoms with Crippen LogP contribution in [0.1, 0.15) is 11.1 Å². The minimum Gasteiger partial charge on any atom is -0.493 e. The van der Waals surface area contributed by atoms with E-state index in [1.54, 1.807) is 33.5 Å². The number of amides is 1. The topological polar surface area (TPSA) is 82.8 Å². The van der Waals surface area contributed by atoms with Crippen molar-refractivity contribution in [3.05, 3.63) is 47.5 Å². The number of nitrogens with two attached hydrogens (primary N) is 1. The number of carbonyl (C=O) groups excluding carboxylic acids is 1. The molecule has 1 amide bonds. The Morgan fingerprint density at radius 1 is 0.958 bits per heavy atom. The average Bonchev–Trinajstić information content (AvgIpc) is 2.60. The number of anilines is 1. The number of nitrogen functional groups attached to an aromatic ring is 1. The molecule has 0 radical (unpaired) electrons. The summed E-state index contributed by atoms with van der Waals surface area (Å²) in [5.41, 5.74) is 8.08. The summed E-state index contributed by atoms with van der Waals surface area (Å²) in [6.07, 6.45) is 0.296. The lowest BCUT2D eigenvalue weighted by atomic mass is 10.1. The van der Waals surface area contributed by atoms with E-state index in [0.29, 0.717) is 35.9 Å². The summed E-state index contributed by atoms with van der Waals surface area (Å²) in [6.45, 7) is 0.366. The van der Waals surface area contributed by atoms with Crippen LogP contribution in [-0.2, 0) is 17.8 Å². The Kier molecular flexibility index (Phi) is 5.89. The van der Waals surface area contributed by atoms with Gasteiger partial charge in [-0.2, -0.15) is 0 Å². The predicted octanol–water partition coefficient (Wildman–Crippen LogP) is 2.15. The number of carbonyl (C=O) groups is 1. The third kappa shape index (κ3) is 4.32. The van der Waals surface area contributed by atoms with E-state index in [1.165, 1.54) is 0 Å². The number of methoxy groups -OCH3 is 3. The van der Waals surface area contributed by atoms with Gasteiger partial charge in [0.25, 0.3) is 0 Å². The molecule has 6 nitrogen and oxygen atoms in total. The van der Waals surface area contributed by atoms with Gasteiger partial charge in [0.1, 0.15) is 0 Å². The van der Waals surface area contributed by atoms with Crippen molar-refractivity contribution >= 4 is 11.6 Å². The minimum atomic E-state index is -0.0754. The molecular formula is C18H22N2O4. The van der Waals surface area contributed by atoms with Crippen LogP contribution in [0.5, 0.6) is 17.2 Å². The van der Waals surface area contributed by atoms with E-state index in [2.05, 4.69) is 5.32 Å². The smallest absolute Gasteiger partial charge is 0.224 e. The van der Waals surface area contributed by atoms with Crippen molar-refractivity contribution in [2.24, 2.45) is 0 Å². The standard InChI is InChI=1S/C18H22N2O4/c1-22-15-8-13(9-16(23-2)18(15)24-3)11-20-17(21)10-12-4-6-14(19)7-5-12/h4-9H,10-11,19H2,1-3H3,(H,20,21). The van der Waals surface area contributed by atoms with Crippen LogP contribution in [0.15, 0.2) is 36.4 Å². The lowest BCUT2D eigenvalue weighted by molar-refractivity contribution is -0.120. The van der Waals surface area contributed by atoms with E-state index in [-0.39, 0.29) is 5.91 Å². The first-order chi connectivity index (χ1) is 11.6. The predicted molar refractivity (Wildman–Crippen MR) is 92.5 cm³/mol. The van der Waals surface area contributed by atoms with Gasteiger partial charge in [-0.15, -0.1) is 0 Å². The molecule has 0 aliphatic carbocycles. The lowest BCUT2D eigenvalue weighted by Crippen LogP contribution is -2.24. The molecule has 0 aliphatic rings. The summed E-state index contributed by atoms with van der Waals surface area (Å²) in [6, 6.07) is 10.9. The van der Waals surface area contributed by atoms with E-state index in [0.717, 1.165) is 11.1 Å². The van der Waals surface area contributed by atoms with Gasteiger partial charge >= 0.3 is 0 Å². The number of rotatable bonds is 7. The molecule has 0 aliphatic heterocycles. The van der Waals surface area contributed by atoms with Crippen molar-refractivity contribution < 1.29 is 19.0 Å². The van der Waals surface area contributed by atoms with E-state index >= 15 is 0 Å². The Morgan fingerprint density at radius 2 is 1.54 bits per heavy atom. The van der Waals surface area contributed by atoms with Gasteiger partial charge in [-0.1, -0.05) is 12.1 Å². The monoisotopic (exact) mass is 330 g/mol. The zero-order chi connectivity index (χ0) is 17.5. The average molecular weight is 330 g/mol. The van der Waals surface area contributed by atoms with Gasteiger partial charge in [0.2, 0.25) is 11.7 Å². The fraction of sp³-hybridized carbons (Fsp3) is 0.278. The normalized spacial score (nSPS) is 10.1. The Morgan fingerprint density at radius 3 is 2.04 bits per heavy atom. The molecule has 0 saturated heterocycles. The molecule has 0 spiro atoms. The second kappa shape index (κ2) is 8.10. The van der Waals surface area contributed by atoms with Crippen molar-refractivity contribution in [3.8, 4) is 17.2 Å². The lowest BCUT2D eigenvalue weighted by Gasteiger charge is -2.14. The molecule has 0 saturated carbocycles. The highest BCUT2D eigenvalue weighted by molar-refractivity contribution is 5.78. The van der Waals surface area contributed by atoms with Crippen molar-refractivity contribution in [1.29, 1.82) is 0 Å². The maximum Gasteiger partial charge on any atom is 0.224 e. The molecule has 3 N–H and O–H groups in total. The Balaban J connectivity index is 2.03. The summed E-state index contributed by atoms with van der Waals surface area (Å²) < 4.78 is 15.9. The van der Waals surface area contributed by atoms with Gasteiger partial charge in [0.05, 0.1) is 27.8 Å². The second-order valence-electron chi connectivity index (χ2n) is 5.23. The molecular weight excluding hydrogens is 308 g/mol. The van der Waals surface area contributed by atoms with Crippen LogP contribution in [0.2, 0.25) is 0 Å². The third-order valence-electron chi connectivity index (χ3n) is 3.56. The van der Waals surface area contributed by atoms with Crippen molar-refractivity contribution in [3.63, 3.8) is 0 Å². The fourth-order valence-electron chi connectivity index (χ4n) is 2.32. The van der Waals surface area contributed by atoms with Crippen LogP contribution >= 0.6 is 0 Å². The van der Waals surface area contributed by atoms with Crippen LogP contribution in [0, 0.1) is 0 Å². The molecule has 0 aromatic heterocycles. The molecule has 0 heterocycles. The molecule has 2 aromatic rings. The van der Waals surface area contributed by atoms with Gasteiger partial charge in [0, 0.05) is 12.2 Å². The van der Waals surface area contributed by atoms with Crippen LogP contribution in [-0.4, -0.2) is 27.2 Å². The zero-order valence-corrected chi connectivity index (χ0v) is 14.1. The van der Waals surface area contributed by atoms with E-state index < -0.39 is 0 Å². The third-order valence-corrected chi connectivity index (χ3v) is 3.56. The number of benzene rings is 2. The molecule has 2 rings (SSSR count). The highest BCUT2D eigenvalue weighted by atomic mass is 16.5. The largest absolute Gasteiger partial charge is 0.493 e. The van der Waals surface area contributed by atoms with Crippen LogP contribution < -0.4 is 25.3 Å². The Bertz CT molecular complexity index is 674. The van der Waals surface area contributed by atoms with Crippen LogP contribution in [0.3, 0.4) is 0 Å².